The molecule has 0 aliphatic heterocycles. The van der Waals surface area contributed by atoms with Gasteiger partial charge < -0.3 is 20.1 Å². The van der Waals surface area contributed by atoms with Crippen LogP contribution in [-0.4, -0.2) is 49.2 Å². The number of methoxy groups -OCH3 is 1. The van der Waals surface area contributed by atoms with E-state index in [1.54, 1.807) is 0 Å². The van der Waals surface area contributed by atoms with Crippen molar-refractivity contribution in [2.24, 2.45) is 0 Å². The lowest BCUT2D eigenvalue weighted by atomic mass is 10.2. The molecule has 0 atom stereocenters. The summed E-state index contributed by atoms with van der Waals surface area (Å²) in [6.07, 6.45) is 1.48. The number of aromatic nitrogens is 1. The summed E-state index contributed by atoms with van der Waals surface area (Å²) in [6.45, 7) is 7.37. The Balaban J connectivity index is 2.66. The first-order valence-corrected chi connectivity index (χ1v) is 6.31. The molecule has 0 aliphatic carbocycles. The number of likely N-dealkylation sites (N-methyl/N-ethyl adjacent to an activating group) is 1. The summed E-state index contributed by atoms with van der Waals surface area (Å²) in [5.41, 5.74) is 6.33. The van der Waals surface area contributed by atoms with Crippen LogP contribution < -0.4 is 10.5 Å². The normalized spacial score (nSPS) is 10.5. The molecule has 1 heterocycles. The fourth-order valence-electron chi connectivity index (χ4n) is 1.67. The van der Waals surface area contributed by atoms with E-state index in [1.165, 1.54) is 19.4 Å². The number of anilines is 1. The summed E-state index contributed by atoms with van der Waals surface area (Å²) in [5.74, 6) is -0.219. The number of hydrogen-bond acceptors (Lipinski definition) is 6. The number of ether oxygens (including phenoxy) is 2. The molecule has 1 rings (SSSR count). The minimum absolute atomic E-state index is 0.217. The van der Waals surface area contributed by atoms with Gasteiger partial charge in [-0.3, -0.25) is 0 Å². The highest BCUT2D eigenvalue weighted by Crippen LogP contribution is 2.22. The van der Waals surface area contributed by atoms with Crippen molar-refractivity contribution in [3.05, 3.63) is 17.8 Å². The van der Waals surface area contributed by atoms with Gasteiger partial charge in [-0.25, -0.2) is 9.78 Å². The van der Waals surface area contributed by atoms with E-state index in [4.69, 9.17) is 10.5 Å². The fourth-order valence-corrected chi connectivity index (χ4v) is 1.67. The standard InChI is InChI=1S/C13H21N3O3/c1-4-16(5-2)8-9-19-12-11(14)10(6-7-15-12)13(17)18-3/h6-7H,4-5,8-9,14H2,1-3H3. The van der Waals surface area contributed by atoms with Crippen LogP contribution in [0.1, 0.15) is 24.2 Å². The van der Waals surface area contributed by atoms with E-state index in [-0.39, 0.29) is 17.1 Å². The SMILES string of the molecule is CCN(CC)CCOc1nccc(C(=O)OC)c1N. The molecule has 1 aromatic rings. The Kier molecular flexibility index (Phi) is 6.08. The minimum atomic E-state index is -0.492. The lowest BCUT2D eigenvalue weighted by Crippen LogP contribution is -2.28. The third-order valence-corrected chi connectivity index (χ3v) is 2.90. The first kappa shape index (κ1) is 15.2. The number of esters is 1. The van der Waals surface area contributed by atoms with Crippen LogP contribution in [0.2, 0.25) is 0 Å². The third kappa shape index (κ3) is 4.10. The van der Waals surface area contributed by atoms with E-state index >= 15 is 0 Å². The lowest BCUT2D eigenvalue weighted by Gasteiger charge is -2.18. The maximum Gasteiger partial charge on any atom is 0.340 e. The molecule has 6 heteroatoms. The van der Waals surface area contributed by atoms with Crippen molar-refractivity contribution in [1.82, 2.24) is 9.88 Å². The molecule has 0 unspecified atom stereocenters. The Hall–Kier alpha value is -1.82. The maximum atomic E-state index is 11.5. The number of rotatable bonds is 7. The zero-order valence-corrected chi connectivity index (χ0v) is 11.7. The monoisotopic (exact) mass is 267 g/mol. The van der Waals surface area contributed by atoms with Crippen LogP contribution in [-0.2, 0) is 4.74 Å². The Morgan fingerprint density at radius 2 is 2.11 bits per heavy atom. The van der Waals surface area contributed by atoms with Gasteiger partial charge in [0.15, 0.2) is 0 Å². The van der Waals surface area contributed by atoms with E-state index in [0.717, 1.165) is 19.6 Å². The second-order valence-corrected chi connectivity index (χ2v) is 3.94. The van der Waals surface area contributed by atoms with Crippen LogP contribution in [0.4, 0.5) is 5.69 Å². The number of pyridine rings is 1. The summed E-state index contributed by atoms with van der Waals surface area (Å²) in [6, 6.07) is 1.51. The molecular formula is C13H21N3O3. The summed E-state index contributed by atoms with van der Waals surface area (Å²) in [4.78, 5) is 17.7. The molecule has 19 heavy (non-hydrogen) atoms. The Bertz CT molecular complexity index is 420. The van der Waals surface area contributed by atoms with Crippen molar-refractivity contribution in [2.75, 3.05) is 39.1 Å². The van der Waals surface area contributed by atoms with Gasteiger partial charge in [0.1, 0.15) is 12.3 Å². The van der Waals surface area contributed by atoms with Crippen molar-refractivity contribution in [2.45, 2.75) is 13.8 Å². The predicted octanol–water partition coefficient (Wildman–Crippen LogP) is 1.17. The number of carbonyl (C=O) groups is 1. The molecule has 2 N–H and O–H groups in total. The fraction of sp³-hybridized carbons (Fsp3) is 0.538. The van der Waals surface area contributed by atoms with Crippen LogP contribution in [0.25, 0.3) is 0 Å². The summed E-state index contributed by atoms with van der Waals surface area (Å²) in [5, 5.41) is 0. The molecule has 0 saturated heterocycles. The maximum absolute atomic E-state index is 11.5. The van der Waals surface area contributed by atoms with Gasteiger partial charge in [-0.2, -0.15) is 0 Å². The Labute approximate surface area is 113 Å². The predicted molar refractivity (Wildman–Crippen MR) is 73.3 cm³/mol. The molecule has 0 spiro atoms. The van der Waals surface area contributed by atoms with E-state index in [2.05, 4.69) is 28.5 Å². The lowest BCUT2D eigenvalue weighted by molar-refractivity contribution is 0.0601. The van der Waals surface area contributed by atoms with Gasteiger partial charge in [-0.1, -0.05) is 13.8 Å². The molecule has 0 radical (unpaired) electrons. The van der Waals surface area contributed by atoms with Crippen LogP contribution in [0, 0.1) is 0 Å². The topological polar surface area (TPSA) is 77.7 Å². The number of carbonyl (C=O) groups excluding carboxylic acids is 1. The number of nitrogens with zero attached hydrogens (tertiary/aromatic N) is 2. The minimum Gasteiger partial charge on any atom is -0.475 e. The summed E-state index contributed by atoms with van der Waals surface area (Å²) in [7, 11) is 1.31. The highest BCUT2D eigenvalue weighted by molar-refractivity contribution is 5.95. The van der Waals surface area contributed by atoms with Crippen LogP contribution in [0.5, 0.6) is 5.88 Å². The quantitative estimate of drug-likeness (QED) is 0.747. The molecule has 0 saturated carbocycles. The number of hydrogen-bond donors (Lipinski definition) is 1. The van der Waals surface area contributed by atoms with E-state index in [1.807, 2.05) is 0 Å². The third-order valence-electron chi connectivity index (χ3n) is 2.90. The Morgan fingerprint density at radius 3 is 2.68 bits per heavy atom. The molecule has 0 amide bonds. The van der Waals surface area contributed by atoms with E-state index in [9.17, 15) is 4.79 Å². The van der Waals surface area contributed by atoms with Gasteiger partial charge in [-0.05, 0) is 19.2 Å². The summed E-state index contributed by atoms with van der Waals surface area (Å²) >= 11 is 0. The molecule has 1 aromatic heterocycles. The molecule has 0 bridgehead atoms. The van der Waals surface area contributed by atoms with Gasteiger partial charge in [0.05, 0.1) is 12.7 Å². The van der Waals surface area contributed by atoms with Crippen molar-refractivity contribution < 1.29 is 14.3 Å². The van der Waals surface area contributed by atoms with Crippen molar-refractivity contribution in [3.63, 3.8) is 0 Å². The van der Waals surface area contributed by atoms with Crippen molar-refractivity contribution >= 4 is 11.7 Å². The molecule has 0 aliphatic rings. The van der Waals surface area contributed by atoms with Crippen molar-refractivity contribution in [1.29, 1.82) is 0 Å². The average molecular weight is 267 g/mol. The molecule has 106 valence electrons. The Morgan fingerprint density at radius 1 is 1.42 bits per heavy atom. The van der Waals surface area contributed by atoms with Gasteiger partial charge in [0, 0.05) is 12.7 Å². The zero-order valence-electron chi connectivity index (χ0n) is 11.7. The van der Waals surface area contributed by atoms with E-state index in [0.29, 0.717) is 6.61 Å². The smallest absolute Gasteiger partial charge is 0.340 e. The highest BCUT2D eigenvalue weighted by Gasteiger charge is 2.14. The van der Waals surface area contributed by atoms with Gasteiger partial charge in [0.25, 0.3) is 0 Å². The second-order valence-electron chi connectivity index (χ2n) is 3.94. The van der Waals surface area contributed by atoms with Crippen LogP contribution in [0.3, 0.4) is 0 Å². The second kappa shape index (κ2) is 7.58. The molecule has 0 fully saturated rings. The average Bonchev–Trinajstić information content (AvgIpc) is 2.44. The summed E-state index contributed by atoms with van der Waals surface area (Å²) < 4.78 is 10.2. The van der Waals surface area contributed by atoms with Crippen LogP contribution in [0.15, 0.2) is 12.3 Å². The highest BCUT2D eigenvalue weighted by atomic mass is 16.5. The number of nitrogen functional groups attached to an aromatic ring is 1. The van der Waals surface area contributed by atoms with E-state index < -0.39 is 5.97 Å². The van der Waals surface area contributed by atoms with Crippen molar-refractivity contribution in [3.8, 4) is 5.88 Å². The first-order chi connectivity index (χ1) is 9.13. The zero-order chi connectivity index (χ0) is 14.3. The molecule has 6 nitrogen and oxygen atoms in total. The van der Waals surface area contributed by atoms with Gasteiger partial charge in [-0.15, -0.1) is 0 Å². The van der Waals surface area contributed by atoms with Crippen LogP contribution >= 0.6 is 0 Å². The van der Waals surface area contributed by atoms with Gasteiger partial charge in [0.2, 0.25) is 5.88 Å². The largest absolute Gasteiger partial charge is 0.475 e. The molecule has 0 aromatic carbocycles. The number of nitrogens with two attached hydrogens (primary N) is 1. The van der Waals surface area contributed by atoms with Gasteiger partial charge >= 0.3 is 5.97 Å². The molecular weight excluding hydrogens is 246 g/mol. The first-order valence-electron chi connectivity index (χ1n) is 6.31.